The molecule has 2 amide bonds. The van der Waals surface area contributed by atoms with Gasteiger partial charge in [0.1, 0.15) is 0 Å². The third-order valence-corrected chi connectivity index (χ3v) is 4.83. The molecule has 0 radical (unpaired) electrons. The molecule has 0 spiro atoms. The third kappa shape index (κ3) is 3.92. The van der Waals surface area contributed by atoms with Crippen molar-refractivity contribution in [2.24, 2.45) is 0 Å². The topological polar surface area (TPSA) is 58.2 Å². The standard InChI is InChI=1S/C19H28N2O2/c1-4-7-17(22)21-16-10-8-15(9-11-16)19(12-6-13-19)18(23)20-14(3)5-2/h8-11,14H,4-7,12-13H2,1-3H3,(H,20,23)(H,21,22)/t14-/m0/s1. The molecule has 4 heteroatoms. The molecule has 0 unspecified atom stereocenters. The van der Waals surface area contributed by atoms with Gasteiger partial charge in [0.05, 0.1) is 5.41 Å². The van der Waals surface area contributed by atoms with E-state index in [1.54, 1.807) is 0 Å². The van der Waals surface area contributed by atoms with Crippen molar-refractivity contribution in [1.82, 2.24) is 5.32 Å². The summed E-state index contributed by atoms with van der Waals surface area (Å²) in [5.41, 5.74) is 1.47. The van der Waals surface area contributed by atoms with Crippen LogP contribution >= 0.6 is 0 Å². The van der Waals surface area contributed by atoms with Gasteiger partial charge in [-0.15, -0.1) is 0 Å². The van der Waals surface area contributed by atoms with Crippen LogP contribution in [0.3, 0.4) is 0 Å². The van der Waals surface area contributed by atoms with E-state index in [-0.39, 0.29) is 23.3 Å². The number of rotatable bonds is 7. The maximum atomic E-state index is 12.7. The first kappa shape index (κ1) is 17.5. The van der Waals surface area contributed by atoms with Gasteiger partial charge in [-0.3, -0.25) is 9.59 Å². The first-order valence-electron chi connectivity index (χ1n) is 8.73. The van der Waals surface area contributed by atoms with Crippen molar-refractivity contribution in [1.29, 1.82) is 0 Å². The van der Waals surface area contributed by atoms with Crippen LogP contribution in [-0.4, -0.2) is 17.9 Å². The van der Waals surface area contributed by atoms with Gasteiger partial charge in [-0.2, -0.15) is 0 Å². The van der Waals surface area contributed by atoms with Gasteiger partial charge in [0.15, 0.2) is 0 Å². The first-order chi connectivity index (χ1) is 11.0. The van der Waals surface area contributed by atoms with Crippen LogP contribution < -0.4 is 10.6 Å². The number of hydrogen-bond donors (Lipinski definition) is 2. The molecule has 1 fully saturated rings. The van der Waals surface area contributed by atoms with Crippen LogP contribution in [0.5, 0.6) is 0 Å². The minimum absolute atomic E-state index is 0.0353. The molecule has 4 nitrogen and oxygen atoms in total. The molecule has 0 bridgehead atoms. The summed E-state index contributed by atoms with van der Waals surface area (Å²) in [6.45, 7) is 6.10. The van der Waals surface area contributed by atoms with E-state index in [0.717, 1.165) is 43.4 Å². The van der Waals surface area contributed by atoms with Gasteiger partial charge in [0, 0.05) is 18.2 Å². The lowest BCUT2D eigenvalue weighted by Gasteiger charge is -2.41. The van der Waals surface area contributed by atoms with Crippen molar-refractivity contribution in [3.8, 4) is 0 Å². The largest absolute Gasteiger partial charge is 0.353 e. The summed E-state index contributed by atoms with van der Waals surface area (Å²) in [7, 11) is 0. The van der Waals surface area contributed by atoms with Crippen LogP contribution in [0.25, 0.3) is 0 Å². The number of carbonyl (C=O) groups is 2. The Balaban J connectivity index is 2.09. The van der Waals surface area contributed by atoms with Crippen LogP contribution in [0.2, 0.25) is 0 Å². The SMILES string of the molecule is CCCC(=O)Nc1ccc(C2(C(=O)N[C@@H](C)CC)CCC2)cc1. The van der Waals surface area contributed by atoms with Crippen molar-refractivity contribution >= 4 is 17.5 Å². The van der Waals surface area contributed by atoms with Crippen LogP contribution in [0, 0.1) is 0 Å². The zero-order valence-corrected chi connectivity index (χ0v) is 14.4. The predicted octanol–water partition coefficient (Wildman–Crippen LogP) is 3.76. The number of amides is 2. The maximum absolute atomic E-state index is 12.7. The second kappa shape index (κ2) is 7.62. The molecule has 2 rings (SSSR count). The summed E-state index contributed by atoms with van der Waals surface area (Å²) in [5.74, 6) is 0.175. The van der Waals surface area contributed by atoms with E-state index in [9.17, 15) is 9.59 Å². The molecule has 2 N–H and O–H groups in total. The normalized spacial score (nSPS) is 17.0. The lowest BCUT2D eigenvalue weighted by molar-refractivity contribution is -0.130. The van der Waals surface area contributed by atoms with Crippen LogP contribution in [0.4, 0.5) is 5.69 Å². The van der Waals surface area contributed by atoms with Crippen molar-refractivity contribution in [2.45, 2.75) is 70.8 Å². The van der Waals surface area contributed by atoms with Crippen LogP contribution in [0.15, 0.2) is 24.3 Å². The van der Waals surface area contributed by atoms with E-state index in [2.05, 4.69) is 17.6 Å². The summed E-state index contributed by atoms with van der Waals surface area (Å²) in [5, 5.41) is 6.01. The molecule has 0 saturated heterocycles. The van der Waals surface area contributed by atoms with Crippen LogP contribution in [-0.2, 0) is 15.0 Å². The highest BCUT2D eigenvalue weighted by Gasteiger charge is 2.45. The highest BCUT2D eigenvalue weighted by Crippen LogP contribution is 2.44. The van der Waals surface area contributed by atoms with E-state index in [0.29, 0.717) is 6.42 Å². The Morgan fingerprint density at radius 3 is 2.30 bits per heavy atom. The second-order valence-electron chi connectivity index (χ2n) is 6.59. The lowest BCUT2D eigenvalue weighted by atomic mass is 9.63. The Hall–Kier alpha value is -1.84. The summed E-state index contributed by atoms with van der Waals surface area (Å²) >= 11 is 0. The molecular weight excluding hydrogens is 288 g/mol. The molecular formula is C19H28N2O2. The summed E-state index contributed by atoms with van der Waals surface area (Å²) in [6.07, 6.45) is 5.19. The fraction of sp³-hybridized carbons (Fsp3) is 0.579. The van der Waals surface area contributed by atoms with Gasteiger partial charge in [-0.1, -0.05) is 32.4 Å². The number of carbonyl (C=O) groups excluding carboxylic acids is 2. The van der Waals surface area contributed by atoms with Gasteiger partial charge in [0.2, 0.25) is 11.8 Å². The molecule has 1 aromatic rings. The lowest BCUT2D eigenvalue weighted by Crippen LogP contribution is -2.51. The zero-order chi connectivity index (χ0) is 16.9. The smallest absolute Gasteiger partial charge is 0.230 e. The summed E-state index contributed by atoms with van der Waals surface area (Å²) in [6, 6.07) is 7.97. The fourth-order valence-corrected chi connectivity index (χ4v) is 2.96. The summed E-state index contributed by atoms with van der Waals surface area (Å²) in [4.78, 5) is 24.3. The van der Waals surface area contributed by atoms with Crippen molar-refractivity contribution in [2.75, 3.05) is 5.32 Å². The fourth-order valence-electron chi connectivity index (χ4n) is 2.96. The average molecular weight is 316 g/mol. The molecule has 0 aromatic heterocycles. The van der Waals surface area contributed by atoms with E-state index in [4.69, 9.17) is 0 Å². The van der Waals surface area contributed by atoms with E-state index in [1.807, 2.05) is 38.1 Å². The van der Waals surface area contributed by atoms with E-state index >= 15 is 0 Å². The number of anilines is 1. The van der Waals surface area contributed by atoms with Crippen molar-refractivity contribution in [3.05, 3.63) is 29.8 Å². The zero-order valence-electron chi connectivity index (χ0n) is 14.4. The van der Waals surface area contributed by atoms with Gasteiger partial charge in [0.25, 0.3) is 0 Å². The minimum atomic E-state index is -0.380. The second-order valence-corrected chi connectivity index (χ2v) is 6.59. The monoisotopic (exact) mass is 316 g/mol. The Bertz CT molecular complexity index is 547. The Morgan fingerprint density at radius 1 is 1.17 bits per heavy atom. The Morgan fingerprint density at radius 2 is 1.83 bits per heavy atom. The molecule has 0 heterocycles. The number of hydrogen-bond acceptors (Lipinski definition) is 2. The molecule has 1 aliphatic rings. The van der Waals surface area contributed by atoms with Gasteiger partial charge in [-0.25, -0.2) is 0 Å². The molecule has 1 atom stereocenters. The maximum Gasteiger partial charge on any atom is 0.230 e. The third-order valence-electron chi connectivity index (χ3n) is 4.83. The molecule has 1 saturated carbocycles. The summed E-state index contributed by atoms with van der Waals surface area (Å²) < 4.78 is 0. The molecule has 126 valence electrons. The first-order valence-corrected chi connectivity index (χ1v) is 8.73. The quantitative estimate of drug-likeness (QED) is 0.804. The molecule has 1 aliphatic carbocycles. The average Bonchev–Trinajstić information content (AvgIpc) is 2.48. The van der Waals surface area contributed by atoms with E-state index in [1.165, 1.54) is 0 Å². The van der Waals surface area contributed by atoms with Gasteiger partial charge in [-0.05, 0) is 50.3 Å². The Kier molecular flexibility index (Phi) is 5.80. The predicted molar refractivity (Wildman–Crippen MR) is 93.4 cm³/mol. The van der Waals surface area contributed by atoms with Crippen molar-refractivity contribution < 1.29 is 9.59 Å². The molecule has 23 heavy (non-hydrogen) atoms. The minimum Gasteiger partial charge on any atom is -0.353 e. The van der Waals surface area contributed by atoms with Crippen molar-refractivity contribution in [3.63, 3.8) is 0 Å². The molecule has 0 aliphatic heterocycles. The number of benzene rings is 1. The van der Waals surface area contributed by atoms with Crippen LogP contribution in [0.1, 0.15) is 64.9 Å². The highest BCUT2D eigenvalue weighted by atomic mass is 16.2. The Labute approximate surface area is 139 Å². The number of nitrogens with one attached hydrogen (secondary N) is 2. The highest BCUT2D eigenvalue weighted by molar-refractivity contribution is 5.91. The van der Waals surface area contributed by atoms with Gasteiger partial charge < -0.3 is 10.6 Å². The van der Waals surface area contributed by atoms with E-state index < -0.39 is 0 Å². The van der Waals surface area contributed by atoms with Gasteiger partial charge >= 0.3 is 0 Å². The molecule has 1 aromatic carbocycles.